The molecule has 7 heteroatoms. The first-order chi connectivity index (χ1) is 21.4. The summed E-state index contributed by atoms with van der Waals surface area (Å²) in [7, 11) is 0. The summed E-state index contributed by atoms with van der Waals surface area (Å²) in [4.78, 5) is 26.8. The highest BCUT2D eigenvalue weighted by atomic mass is 16.5. The molecule has 44 heavy (non-hydrogen) atoms. The lowest BCUT2D eigenvalue weighted by Gasteiger charge is -2.37. The van der Waals surface area contributed by atoms with Gasteiger partial charge in [-0.1, -0.05) is 66.7 Å². The van der Waals surface area contributed by atoms with Crippen LogP contribution in [0.5, 0.6) is 17.2 Å². The molecule has 218 valence electrons. The van der Waals surface area contributed by atoms with Gasteiger partial charge in [0, 0.05) is 34.9 Å². The first-order valence-electron chi connectivity index (χ1n) is 14.5. The molecule has 7 rings (SSSR count). The first kappa shape index (κ1) is 27.4. The van der Waals surface area contributed by atoms with Crippen LogP contribution in [0.2, 0.25) is 0 Å². The fourth-order valence-electron chi connectivity index (χ4n) is 6.08. The maximum atomic E-state index is 13.7. The van der Waals surface area contributed by atoms with Crippen LogP contribution in [-0.2, 0) is 28.2 Å². The third kappa shape index (κ3) is 4.87. The van der Waals surface area contributed by atoms with Gasteiger partial charge in [-0.05, 0) is 71.6 Å². The van der Waals surface area contributed by atoms with Crippen LogP contribution in [0.15, 0.2) is 115 Å². The van der Waals surface area contributed by atoms with Crippen molar-refractivity contribution < 1.29 is 24.2 Å². The predicted molar refractivity (Wildman–Crippen MR) is 167 cm³/mol. The number of benzene rings is 5. The molecule has 0 fully saturated rings. The Balaban J connectivity index is 1.21. The second-order valence-electron chi connectivity index (χ2n) is 11.2. The van der Waals surface area contributed by atoms with Gasteiger partial charge in [-0.3, -0.25) is 9.59 Å². The molecule has 2 unspecified atom stereocenters. The van der Waals surface area contributed by atoms with Crippen LogP contribution in [-0.4, -0.2) is 23.0 Å². The average molecular weight is 583 g/mol. The van der Waals surface area contributed by atoms with Gasteiger partial charge in [0.1, 0.15) is 23.3 Å². The van der Waals surface area contributed by atoms with Gasteiger partial charge < -0.3 is 25.2 Å². The second kappa shape index (κ2) is 11.0. The normalized spacial score (nSPS) is 16.7. The summed E-state index contributed by atoms with van der Waals surface area (Å²) in [6.07, 6.45) is 0.229. The summed E-state index contributed by atoms with van der Waals surface area (Å²) < 4.78 is 13.1. The number of hydrogen-bond acceptors (Lipinski definition) is 5. The van der Waals surface area contributed by atoms with Crippen molar-refractivity contribution in [2.45, 2.75) is 31.6 Å². The number of ether oxygens (including phenoxy) is 2. The lowest BCUT2D eigenvalue weighted by Crippen LogP contribution is -2.45. The number of amides is 2. The Morgan fingerprint density at radius 2 is 1.52 bits per heavy atom. The molecule has 0 bridgehead atoms. The molecule has 2 atom stereocenters. The predicted octanol–water partition coefficient (Wildman–Crippen LogP) is 6.61. The van der Waals surface area contributed by atoms with E-state index in [4.69, 9.17) is 9.47 Å². The Kier molecular flexibility index (Phi) is 6.87. The zero-order valence-corrected chi connectivity index (χ0v) is 24.0. The van der Waals surface area contributed by atoms with Crippen molar-refractivity contribution in [1.82, 2.24) is 5.32 Å². The highest BCUT2D eigenvalue weighted by Gasteiger charge is 2.49. The van der Waals surface area contributed by atoms with E-state index in [1.807, 2.05) is 43.3 Å². The average Bonchev–Trinajstić information content (AvgIpc) is 3.41. The number of phenols is 1. The topological polar surface area (TPSA) is 96.9 Å². The molecular formula is C37H30N2O5. The van der Waals surface area contributed by atoms with Crippen LogP contribution < -0.4 is 15.4 Å². The monoisotopic (exact) mass is 582 g/mol. The Bertz CT molecular complexity index is 1890. The number of phenolic OH excluding ortho intramolecular Hbond substituents is 1. The van der Waals surface area contributed by atoms with Crippen molar-refractivity contribution in [1.29, 1.82) is 0 Å². The largest absolute Gasteiger partial charge is 0.508 e. The smallest absolute Gasteiger partial charge is 0.251 e. The molecule has 0 saturated heterocycles. The lowest BCUT2D eigenvalue weighted by molar-refractivity contribution is -0.118. The van der Waals surface area contributed by atoms with Gasteiger partial charge in [0.2, 0.25) is 5.91 Å². The lowest BCUT2D eigenvalue weighted by atomic mass is 9.77. The number of anilines is 1. The SMILES string of the molecule is Cc1ccc2c(c1)Oc1cc(NC(=O)C(Cc3ccc(O)cc3)NC(=O)c3ccccc3)ccc1C21OCc2ccccc21. The summed E-state index contributed by atoms with van der Waals surface area (Å²) in [5, 5.41) is 15.6. The van der Waals surface area contributed by atoms with Crippen LogP contribution in [0.25, 0.3) is 0 Å². The van der Waals surface area contributed by atoms with E-state index in [1.54, 1.807) is 54.6 Å². The van der Waals surface area contributed by atoms with Gasteiger partial charge in [-0.15, -0.1) is 0 Å². The van der Waals surface area contributed by atoms with Crippen molar-refractivity contribution in [2.24, 2.45) is 0 Å². The Morgan fingerprint density at radius 1 is 0.818 bits per heavy atom. The maximum absolute atomic E-state index is 13.7. The zero-order chi connectivity index (χ0) is 30.3. The van der Waals surface area contributed by atoms with Gasteiger partial charge in [-0.25, -0.2) is 0 Å². The molecule has 0 aromatic heterocycles. The van der Waals surface area contributed by atoms with Gasteiger partial charge in [0.25, 0.3) is 5.91 Å². The van der Waals surface area contributed by atoms with E-state index in [2.05, 4.69) is 34.9 Å². The van der Waals surface area contributed by atoms with E-state index in [0.29, 0.717) is 29.4 Å². The quantitative estimate of drug-likeness (QED) is 0.209. The minimum absolute atomic E-state index is 0.125. The number of aryl methyl sites for hydroxylation is 1. The molecule has 2 aliphatic rings. The van der Waals surface area contributed by atoms with Gasteiger partial charge in [0.05, 0.1) is 6.61 Å². The molecule has 0 saturated carbocycles. The molecular weight excluding hydrogens is 552 g/mol. The van der Waals surface area contributed by atoms with E-state index in [-0.39, 0.29) is 24.0 Å². The number of rotatable bonds is 6. The molecule has 2 heterocycles. The highest BCUT2D eigenvalue weighted by molar-refractivity contribution is 6.01. The molecule has 5 aromatic rings. The third-order valence-electron chi connectivity index (χ3n) is 8.24. The van der Waals surface area contributed by atoms with Gasteiger partial charge in [-0.2, -0.15) is 0 Å². The molecule has 0 aliphatic carbocycles. The zero-order valence-electron chi connectivity index (χ0n) is 24.0. The Morgan fingerprint density at radius 3 is 2.32 bits per heavy atom. The third-order valence-corrected chi connectivity index (χ3v) is 8.24. The van der Waals surface area contributed by atoms with E-state index >= 15 is 0 Å². The van der Waals surface area contributed by atoms with Crippen molar-refractivity contribution in [3.63, 3.8) is 0 Å². The number of nitrogens with one attached hydrogen (secondary N) is 2. The van der Waals surface area contributed by atoms with Crippen molar-refractivity contribution in [3.8, 4) is 17.2 Å². The minimum Gasteiger partial charge on any atom is -0.508 e. The second-order valence-corrected chi connectivity index (χ2v) is 11.2. The van der Waals surface area contributed by atoms with E-state index < -0.39 is 11.6 Å². The number of hydrogen-bond donors (Lipinski definition) is 3. The molecule has 2 amide bonds. The number of aromatic hydroxyl groups is 1. The molecule has 7 nitrogen and oxygen atoms in total. The van der Waals surface area contributed by atoms with Crippen LogP contribution in [0.1, 0.15) is 43.7 Å². The summed E-state index contributed by atoms with van der Waals surface area (Å²) >= 11 is 0. The van der Waals surface area contributed by atoms with Gasteiger partial charge in [0.15, 0.2) is 5.60 Å². The summed E-state index contributed by atoms with van der Waals surface area (Å²) in [5.74, 6) is 0.676. The molecule has 0 radical (unpaired) electrons. The molecule has 2 aliphatic heterocycles. The van der Waals surface area contributed by atoms with Crippen LogP contribution >= 0.6 is 0 Å². The van der Waals surface area contributed by atoms with Gasteiger partial charge >= 0.3 is 0 Å². The fraction of sp³-hybridized carbons (Fsp3) is 0.135. The summed E-state index contributed by atoms with van der Waals surface area (Å²) in [5.41, 5.74) is 5.98. The number of fused-ring (bicyclic) bond motifs is 6. The number of carbonyl (C=O) groups excluding carboxylic acids is 2. The van der Waals surface area contributed by atoms with Crippen molar-refractivity contribution in [2.75, 3.05) is 5.32 Å². The maximum Gasteiger partial charge on any atom is 0.251 e. The molecule has 3 N–H and O–H groups in total. The Hall–Kier alpha value is -5.40. The molecule has 5 aromatic carbocycles. The Labute approximate surface area is 255 Å². The van der Waals surface area contributed by atoms with Crippen LogP contribution in [0.3, 0.4) is 0 Å². The highest BCUT2D eigenvalue weighted by Crippen LogP contribution is 2.56. The molecule has 1 spiro atoms. The first-order valence-corrected chi connectivity index (χ1v) is 14.5. The standard InChI is InChI=1S/C37H30N2O5/c1-23-11-17-30-33(19-23)44-34-21-27(14-18-31(34)37(30)29-10-6-5-9-26(29)22-43-37)38-36(42)32(20-24-12-15-28(40)16-13-24)39-35(41)25-7-3-2-4-8-25/h2-19,21,32,40H,20,22H2,1H3,(H,38,42)(H,39,41). The van der Waals surface area contributed by atoms with Crippen molar-refractivity contribution in [3.05, 3.63) is 154 Å². The fourth-order valence-corrected chi connectivity index (χ4v) is 6.08. The summed E-state index contributed by atoms with van der Waals surface area (Å²) in [6.45, 7) is 2.49. The van der Waals surface area contributed by atoms with Crippen LogP contribution in [0, 0.1) is 6.92 Å². The van der Waals surface area contributed by atoms with E-state index in [0.717, 1.165) is 33.4 Å². The number of carbonyl (C=O) groups is 2. The summed E-state index contributed by atoms with van der Waals surface area (Å²) in [6, 6.07) is 34.4. The van der Waals surface area contributed by atoms with E-state index in [1.165, 1.54) is 0 Å². The minimum atomic E-state index is -0.885. The van der Waals surface area contributed by atoms with Crippen LogP contribution in [0.4, 0.5) is 5.69 Å². The van der Waals surface area contributed by atoms with E-state index in [9.17, 15) is 14.7 Å². The van der Waals surface area contributed by atoms with Crippen molar-refractivity contribution >= 4 is 17.5 Å².